The van der Waals surface area contributed by atoms with E-state index in [1.54, 1.807) is 0 Å². The largest absolute Gasteiger partial charge is 0.365 e. The molecule has 0 unspecified atom stereocenters. The Labute approximate surface area is 161 Å². The number of nitrogens with one attached hydrogen (secondary N) is 1. The minimum absolute atomic E-state index is 0.0570. The summed E-state index contributed by atoms with van der Waals surface area (Å²) in [5.74, 6) is -0.613. The SMILES string of the molecule is C[C@H]([NH2+]CC(=O)Nc1sc2c(c1C(N)=O)CCCC2)c1ccccc1Cl. The number of quaternary nitrogens is 1. The lowest BCUT2D eigenvalue weighted by atomic mass is 9.95. The lowest BCUT2D eigenvalue weighted by Crippen LogP contribution is -2.86. The number of amides is 2. The fourth-order valence-corrected chi connectivity index (χ4v) is 4.97. The van der Waals surface area contributed by atoms with Crippen LogP contribution in [0.15, 0.2) is 24.3 Å². The first-order valence-corrected chi connectivity index (χ1v) is 9.98. The van der Waals surface area contributed by atoms with Gasteiger partial charge in [0.15, 0.2) is 6.54 Å². The summed E-state index contributed by atoms with van der Waals surface area (Å²) < 4.78 is 0. The fourth-order valence-electron chi connectivity index (χ4n) is 3.35. The van der Waals surface area contributed by atoms with Crippen molar-refractivity contribution < 1.29 is 14.9 Å². The first-order valence-electron chi connectivity index (χ1n) is 8.79. The Balaban J connectivity index is 1.66. The van der Waals surface area contributed by atoms with E-state index in [9.17, 15) is 9.59 Å². The van der Waals surface area contributed by atoms with Crippen LogP contribution in [-0.4, -0.2) is 18.4 Å². The van der Waals surface area contributed by atoms with Gasteiger partial charge < -0.3 is 16.4 Å². The number of rotatable bonds is 6. The van der Waals surface area contributed by atoms with Crippen LogP contribution in [0, 0.1) is 0 Å². The van der Waals surface area contributed by atoms with Crippen molar-refractivity contribution in [2.75, 3.05) is 11.9 Å². The molecule has 0 fully saturated rings. The smallest absolute Gasteiger partial charge is 0.280 e. The van der Waals surface area contributed by atoms with Crippen LogP contribution >= 0.6 is 22.9 Å². The van der Waals surface area contributed by atoms with Crippen LogP contribution in [0.3, 0.4) is 0 Å². The fraction of sp³-hybridized carbons (Fsp3) is 0.368. The van der Waals surface area contributed by atoms with Gasteiger partial charge in [0.2, 0.25) is 0 Å². The number of thiophene rings is 1. The molecule has 26 heavy (non-hydrogen) atoms. The molecular formula is C19H23ClN3O2S+. The van der Waals surface area contributed by atoms with Gasteiger partial charge in [-0.15, -0.1) is 11.3 Å². The average Bonchev–Trinajstić information content (AvgIpc) is 2.98. The van der Waals surface area contributed by atoms with Crippen LogP contribution in [0.5, 0.6) is 0 Å². The number of hydrogen-bond donors (Lipinski definition) is 3. The maximum absolute atomic E-state index is 12.4. The van der Waals surface area contributed by atoms with Crippen molar-refractivity contribution in [3.05, 3.63) is 50.9 Å². The van der Waals surface area contributed by atoms with Crippen molar-refractivity contribution in [3.63, 3.8) is 0 Å². The highest BCUT2D eigenvalue weighted by Gasteiger charge is 2.25. The van der Waals surface area contributed by atoms with E-state index >= 15 is 0 Å². The summed E-state index contributed by atoms with van der Waals surface area (Å²) in [5, 5.41) is 6.09. The second-order valence-corrected chi connectivity index (χ2v) is 8.09. The maximum atomic E-state index is 12.4. The Morgan fingerprint density at radius 2 is 2.04 bits per heavy atom. The minimum Gasteiger partial charge on any atom is -0.365 e. The molecule has 0 aliphatic heterocycles. The van der Waals surface area contributed by atoms with E-state index in [0.717, 1.165) is 36.8 Å². The van der Waals surface area contributed by atoms with Crippen LogP contribution in [0.25, 0.3) is 0 Å². The standard InChI is InChI=1S/C19H22ClN3O2S/c1-11(12-6-2-4-8-14(12)20)22-10-16(24)23-19-17(18(21)25)13-7-3-5-9-15(13)26-19/h2,4,6,8,11,22H,3,5,7,9-10H2,1H3,(H2,21,25)(H,23,24)/p+1/t11-/m0/s1. The summed E-state index contributed by atoms with van der Waals surface area (Å²) in [7, 11) is 0. The molecule has 1 aliphatic rings. The average molecular weight is 393 g/mol. The normalized spacial score (nSPS) is 14.5. The highest BCUT2D eigenvalue weighted by molar-refractivity contribution is 7.17. The number of carbonyl (C=O) groups excluding carboxylic acids is 2. The minimum atomic E-state index is -0.465. The van der Waals surface area contributed by atoms with Gasteiger partial charge in [0, 0.05) is 15.5 Å². The molecule has 1 aromatic heterocycles. The summed E-state index contributed by atoms with van der Waals surface area (Å²) in [6, 6.07) is 7.67. The van der Waals surface area contributed by atoms with Crippen molar-refractivity contribution in [3.8, 4) is 0 Å². The number of anilines is 1. The predicted octanol–water partition coefficient (Wildman–Crippen LogP) is 2.64. The Morgan fingerprint density at radius 3 is 2.77 bits per heavy atom. The molecule has 5 nitrogen and oxygen atoms in total. The number of halogens is 1. The molecule has 3 rings (SSSR count). The molecule has 1 aromatic carbocycles. The second kappa shape index (κ2) is 8.20. The topological polar surface area (TPSA) is 88.8 Å². The molecule has 0 radical (unpaired) electrons. The number of hydrogen-bond acceptors (Lipinski definition) is 3. The number of primary amides is 1. The molecule has 0 saturated heterocycles. The Bertz CT molecular complexity index is 834. The molecule has 0 spiro atoms. The van der Waals surface area contributed by atoms with E-state index < -0.39 is 5.91 Å². The van der Waals surface area contributed by atoms with E-state index in [0.29, 0.717) is 15.6 Å². The van der Waals surface area contributed by atoms with Crippen LogP contribution < -0.4 is 16.4 Å². The van der Waals surface area contributed by atoms with Gasteiger partial charge in [-0.25, -0.2) is 0 Å². The lowest BCUT2D eigenvalue weighted by Gasteiger charge is -2.12. The van der Waals surface area contributed by atoms with Crippen LogP contribution in [0.2, 0.25) is 5.02 Å². The summed E-state index contributed by atoms with van der Waals surface area (Å²) in [6.07, 6.45) is 3.98. The van der Waals surface area contributed by atoms with E-state index in [1.165, 1.54) is 16.2 Å². The number of nitrogens with two attached hydrogens (primary N) is 2. The number of benzene rings is 1. The van der Waals surface area contributed by atoms with Crippen molar-refractivity contribution >= 4 is 39.8 Å². The lowest BCUT2D eigenvalue weighted by molar-refractivity contribution is -0.682. The monoisotopic (exact) mass is 392 g/mol. The predicted molar refractivity (Wildman–Crippen MR) is 105 cm³/mol. The van der Waals surface area contributed by atoms with Gasteiger partial charge in [0.1, 0.15) is 11.0 Å². The third kappa shape index (κ3) is 4.09. The zero-order valence-corrected chi connectivity index (χ0v) is 16.3. The van der Waals surface area contributed by atoms with Crippen LogP contribution in [0.1, 0.15) is 52.2 Å². The first kappa shape index (κ1) is 18.9. The summed E-state index contributed by atoms with van der Waals surface area (Å²) in [6.45, 7) is 2.25. The maximum Gasteiger partial charge on any atom is 0.280 e. The summed E-state index contributed by atoms with van der Waals surface area (Å²) in [4.78, 5) is 25.5. The van der Waals surface area contributed by atoms with E-state index in [1.807, 2.05) is 36.5 Å². The Hall–Kier alpha value is -1.89. The van der Waals surface area contributed by atoms with Crippen molar-refractivity contribution in [1.82, 2.24) is 0 Å². The molecule has 2 amide bonds. The highest BCUT2D eigenvalue weighted by Crippen LogP contribution is 2.37. The van der Waals surface area contributed by atoms with Crippen molar-refractivity contribution in [1.29, 1.82) is 0 Å². The molecule has 1 heterocycles. The van der Waals surface area contributed by atoms with E-state index in [2.05, 4.69) is 5.32 Å². The molecule has 1 aliphatic carbocycles. The van der Waals surface area contributed by atoms with Crippen molar-refractivity contribution in [2.24, 2.45) is 5.73 Å². The number of carbonyl (C=O) groups is 2. The van der Waals surface area contributed by atoms with Gasteiger partial charge in [-0.3, -0.25) is 9.59 Å². The molecule has 0 bridgehead atoms. The molecule has 2 aromatic rings. The van der Waals surface area contributed by atoms with Gasteiger partial charge in [0.05, 0.1) is 5.56 Å². The number of aryl methyl sites for hydroxylation is 1. The zero-order valence-electron chi connectivity index (χ0n) is 14.7. The van der Waals surface area contributed by atoms with Crippen LogP contribution in [-0.2, 0) is 17.6 Å². The van der Waals surface area contributed by atoms with Gasteiger partial charge >= 0.3 is 0 Å². The van der Waals surface area contributed by atoms with E-state index in [4.69, 9.17) is 17.3 Å². The van der Waals surface area contributed by atoms with Crippen LogP contribution in [0.4, 0.5) is 5.00 Å². The Morgan fingerprint density at radius 1 is 1.31 bits per heavy atom. The molecule has 138 valence electrons. The molecule has 1 atom stereocenters. The van der Waals surface area contributed by atoms with Gasteiger partial charge in [0.25, 0.3) is 11.8 Å². The van der Waals surface area contributed by atoms with Crippen molar-refractivity contribution in [2.45, 2.75) is 38.6 Å². The van der Waals surface area contributed by atoms with Gasteiger partial charge in [-0.05, 0) is 44.2 Å². The molecular weight excluding hydrogens is 370 g/mol. The molecule has 0 saturated carbocycles. The second-order valence-electron chi connectivity index (χ2n) is 6.58. The molecule has 5 N–H and O–H groups in total. The van der Waals surface area contributed by atoms with Gasteiger partial charge in [-0.2, -0.15) is 0 Å². The third-order valence-corrected chi connectivity index (χ3v) is 6.27. The zero-order chi connectivity index (χ0) is 18.7. The first-order chi connectivity index (χ1) is 12.5. The third-order valence-electron chi connectivity index (χ3n) is 4.72. The summed E-state index contributed by atoms with van der Waals surface area (Å²) in [5.41, 5.74) is 8.08. The Kier molecular flexibility index (Phi) is 5.96. The van der Waals surface area contributed by atoms with Gasteiger partial charge in [-0.1, -0.05) is 29.8 Å². The quantitative estimate of drug-likeness (QED) is 0.705. The number of fused-ring (bicyclic) bond motifs is 1. The van der Waals surface area contributed by atoms with E-state index in [-0.39, 0.29) is 18.5 Å². The molecule has 7 heteroatoms. The summed E-state index contributed by atoms with van der Waals surface area (Å²) >= 11 is 7.69. The highest BCUT2D eigenvalue weighted by atomic mass is 35.5.